The number of rotatable bonds is 7. The first-order valence-electron chi connectivity index (χ1n) is 13.0. The van der Waals surface area contributed by atoms with Crippen molar-refractivity contribution in [1.29, 1.82) is 0 Å². The van der Waals surface area contributed by atoms with Gasteiger partial charge in [0.25, 0.3) is 5.91 Å². The first kappa shape index (κ1) is 23.9. The van der Waals surface area contributed by atoms with Crippen molar-refractivity contribution < 1.29 is 4.79 Å². The van der Waals surface area contributed by atoms with Gasteiger partial charge in [0.15, 0.2) is 5.82 Å². The van der Waals surface area contributed by atoms with Gasteiger partial charge in [-0.3, -0.25) is 9.89 Å². The molecule has 0 aliphatic carbocycles. The zero-order valence-electron chi connectivity index (χ0n) is 21.4. The molecule has 0 unspecified atom stereocenters. The van der Waals surface area contributed by atoms with E-state index in [0.29, 0.717) is 11.4 Å². The van der Waals surface area contributed by atoms with E-state index in [-0.39, 0.29) is 11.9 Å². The Morgan fingerprint density at radius 1 is 1.00 bits per heavy atom. The SMILES string of the molecule is CN1CCC(NC(=O)c2ccc(Nc3cc(-c4ccc5ncn(Cc6ccccc6)c5c4)[nH]n3)cc2)CC1. The number of amides is 1. The normalized spacial score (nSPS) is 14.6. The molecule has 192 valence electrons. The number of hydrogen-bond acceptors (Lipinski definition) is 5. The van der Waals surface area contributed by atoms with Gasteiger partial charge in [-0.2, -0.15) is 5.10 Å². The van der Waals surface area contributed by atoms with Crippen LogP contribution in [0.1, 0.15) is 28.8 Å². The molecule has 8 heteroatoms. The third-order valence-corrected chi connectivity index (χ3v) is 7.18. The number of imidazole rings is 1. The summed E-state index contributed by atoms with van der Waals surface area (Å²) >= 11 is 0. The number of nitrogens with one attached hydrogen (secondary N) is 3. The summed E-state index contributed by atoms with van der Waals surface area (Å²) in [5.74, 6) is 0.691. The van der Waals surface area contributed by atoms with E-state index >= 15 is 0 Å². The second-order valence-electron chi connectivity index (χ2n) is 9.98. The number of H-pyrrole nitrogens is 1. The van der Waals surface area contributed by atoms with Crippen molar-refractivity contribution in [1.82, 2.24) is 30.0 Å². The fraction of sp³-hybridized carbons (Fsp3) is 0.233. The van der Waals surface area contributed by atoms with E-state index in [9.17, 15) is 4.79 Å². The smallest absolute Gasteiger partial charge is 0.251 e. The number of hydrogen-bond donors (Lipinski definition) is 3. The largest absolute Gasteiger partial charge is 0.349 e. The maximum atomic E-state index is 12.7. The number of likely N-dealkylation sites (tertiary alicyclic amines) is 1. The number of piperidine rings is 1. The predicted molar refractivity (Wildman–Crippen MR) is 151 cm³/mol. The molecule has 1 aliphatic rings. The van der Waals surface area contributed by atoms with Gasteiger partial charge in [0.1, 0.15) is 0 Å². The average Bonchev–Trinajstić information content (AvgIpc) is 3.58. The first-order valence-corrected chi connectivity index (χ1v) is 13.0. The van der Waals surface area contributed by atoms with Crippen LogP contribution in [0.25, 0.3) is 22.3 Å². The lowest BCUT2D eigenvalue weighted by atomic mass is 10.0. The Balaban J connectivity index is 1.12. The zero-order valence-corrected chi connectivity index (χ0v) is 21.4. The molecule has 5 aromatic rings. The molecular weight excluding hydrogens is 474 g/mol. The number of anilines is 2. The van der Waals surface area contributed by atoms with Gasteiger partial charge in [0.05, 0.1) is 23.1 Å². The molecule has 3 aromatic carbocycles. The van der Waals surface area contributed by atoms with Crippen LogP contribution in [0.4, 0.5) is 11.5 Å². The van der Waals surface area contributed by atoms with Gasteiger partial charge in [-0.15, -0.1) is 0 Å². The monoisotopic (exact) mass is 505 g/mol. The summed E-state index contributed by atoms with van der Waals surface area (Å²) in [5.41, 5.74) is 6.75. The van der Waals surface area contributed by atoms with E-state index in [4.69, 9.17) is 0 Å². The standard InChI is InChI=1S/C30H31N7O/c1-36-15-13-25(14-16-36)33-30(38)22-7-10-24(11-8-22)32-29-18-27(34-35-29)23-9-12-26-28(17-23)37(20-31-26)19-21-5-3-2-4-6-21/h2-12,17-18,20,25H,13-16,19H2,1H3,(H,33,38)(H2,32,34,35). The molecule has 1 amide bonds. The van der Waals surface area contributed by atoms with Crippen LogP contribution < -0.4 is 10.6 Å². The van der Waals surface area contributed by atoms with Crippen LogP contribution in [0.2, 0.25) is 0 Å². The lowest BCUT2D eigenvalue weighted by Gasteiger charge is -2.29. The molecule has 3 heterocycles. The summed E-state index contributed by atoms with van der Waals surface area (Å²) in [4.78, 5) is 19.5. The lowest BCUT2D eigenvalue weighted by Crippen LogP contribution is -2.43. The lowest BCUT2D eigenvalue weighted by molar-refractivity contribution is 0.0917. The highest BCUT2D eigenvalue weighted by Gasteiger charge is 2.19. The molecule has 1 fully saturated rings. The van der Waals surface area contributed by atoms with Crippen LogP contribution in [0.15, 0.2) is 85.2 Å². The quantitative estimate of drug-likeness (QED) is 0.288. The molecule has 3 N–H and O–H groups in total. The Labute approximate surface area is 221 Å². The van der Waals surface area contributed by atoms with Crippen LogP contribution in [0, 0.1) is 0 Å². The summed E-state index contributed by atoms with van der Waals surface area (Å²) in [6.45, 7) is 2.80. The molecule has 1 saturated heterocycles. The van der Waals surface area contributed by atoms with E-state index < -0.39 is 0 Å². The van der Waals surface area contributed by atoms with Crippen LogP contribution >= 0.6 is 0 Å². The Kier molecular flexibility index (Phi) is 6.62. The van der Waals surface area contributed by atoms with Crippen molar-refractivity contribution in [3.05, 3.63) is 96.3 Å². The number of carbonyl (C=O) groups excluding carboxylic acids is 1. The van der Waals surface area contributed by atoms with Gasteiger partial charge in [0.2, 0.25) is 0 Å². The van der Waals surface area contributed by atoms with Gasteiger partial charge < -0.3 is 20.1 Å². The first-order chi connectivity index (χ1) is 18.6. The molecular formula is C30H31N7O. The minimum absolute atomic E-state index is 0.0185. The molecule has 0 bridgehead atoms. The zero-order chi connectivity index (χ0) is 25.9. The van der Waals surface area contributed by atoms with Crippen LogP contribution in [-0.4, -0.2) is 56.7 Å². The van der Waals surface area contributed by atoms with Crippen LogP contribution in [-0.2, 0) is 6.54 Å². The van der Waals surface area contributed by atoms with Gasteiger partial charge in [-0.1, -0.05) is 36.4 Å². The predicted octanol–water partition coefficient (Wildman–Crippen LogP) is 5.04. The van der Waals surface area contributed by atoms with Crippen molar-refractivity contribution in [2.24, 2.45) is 0 Å². The Morgan fingerprint density at radius 2 is 1.79 bits per heavy atom. The number of carbonyl (C=O) groups is 1. The maximum Gasteiger partial charge on any atom is 0.251 e. The summed E-state index contributed by atoms with van der Waals surface area (Å²) in [6.07, 6.45) is 3.87. The molecule has 0 atom stereocenters. The minimum Gasteiger partial charge on any atom is -0.349 e. The number of nitrogens with zero attached hydrogens (tertiary/aromatic N) is 4. The van der Waals surface area contributed by atoms with E-state index in [1.165, 1.54) is 5.56 Å². The topological polar surface area (TPSA) is 90.9 Å². The second kappa shape index (κ2) is 10.5. The van der Waals surface area contributed by atoms with Crippen molar-refractivity contribution in [2.75, 3.05) is 25.5 Å². The van der Waals surface area contributed by atoms with Gasteiger partial charge in [-0.05, 0) is 74.9 Å². The van der Waals surface area contributed by atoms with Gasteiger partial charge in [-0.25, -0.2) is 4.98 Å². The van der Waals surface area contributed by atoms with Crippen LogP contribution in [0.3, 0.4) is 0 Å². The van der Waals surface area contributed by atoms with Crippen molar-refractivity contribution in [3.8, 4) is 11.3 Å². The Morgan fingerprint density at radius 3 is 2.58 bits per heavy atom. The molecule has 1 aliphatic heterocycles. The highest BCUT2D eigenvalue weighted by atomic mass is 16.1. The fourth-order valence-electron chi connectivity index (χ4n) is 4.94. The summed E-state index contributed by atoms with van der Waals surface area (Å²) < 4.78 is 2.16. The Hall–Kier alpha value is -4.43. The molecule has 0 spiro atoms. The van der Waals surface area contributed by atoms with E-state index in [0.717, 1.165) is 60.5 Å². The number of aromatic nitrogens is 4. The number of fused-ring (bicyclic) bond motifs is 1. The third-order valence-electron chi connectivity index (χ3n) is 7.18. The molecule has 2 aromatic heterocycles. The highest BCUT2D eigenvalue weighted by Crippen LogP contribution is 2.26. The van der Waals surface area contributed by atoms with Gasteiger partial charge >= 0.3 is 0 Å². The summed E-state index contributed by atoms with van der Waals surface area (Å²) in [6, 6.07) is 26.4. The number of benzene rings is 3. The van der Waals surface area contributed by atoms with Crippen molar-refractivity contribution in [2.45, 2.75) is 25.4 Å². The maximum absolute atomic E-state index is 12.7. The van der Waals surface area contributed by atoms with E-state index in [1.807, 2.05) is 48.8 Å². The minimum atomic E-state index is -0.0185. The third kappa shape index (κ3) is 5.31. The highest BCUT2D eigenvalue weighted by molar-refractivity contribution is 5.94. The molecule has 0 saturated carbocycles. The average molecular weight is 506 g/mol. The van der Waals surface area contributed by atoms with Crippen molar-refractivity contribution >= 4 is 28.4 Å². The van der Waals surface area contributed by atoms with Gasteiger partial charge in [0, 0.05) is 35.5 Å². The summed E-state index contributed by atoms with van der Waals surface area (Å²) in [7, 11) is 2.12. The molecule has 38 heavy (non-hydrogen) atoms. The van der Waals surface area contributed by atoms with Crippen LogP contribution in [0.5, 0.6) is 0 Å². The van der Waals surface area contributed by atoms with Crippen molar-refractivity contribution in [3.63, 3.8) is 0 Å². The van der Waals surface area contributed by atoms with E-state index in [1.54, 1.807) is 0 Å². The molecule has 8 nitrogen and oxygen atoms in total. The molecule has 6 rings (SSSR count). The number of aromatic amines is 1. The Bertz CT molecular complexity index is 1530. The molecule has 0 radical (unpaired) electrons. The van der Waals surface area contributed by atoms with E-state index in [2.05, 4.69) is 78.7 Å². The fourth-order valence-corrected chi connectivity index (χ4v) is 4.94. The summed E-state index contributed by atoms with van der Waals surface area (Å²) in [5, 5.41) is 14.1. The second-order valence-corrected chi connectivity index (χ2v) is 9.98.